The van der Waals surface area contributed by atoms with E-state index in [1.807, 2.05) is 14.0 Å². The maximum absolute atomic E-state index is 12.0. The Morgan fingerprint density at radius 3 is 2.69 bits per heavy atom. The second-order valence-electron chi connectivity index (χ2n) is 5.89. The van der Waals surface area contributed by atoms with Crippen LogP contribution in [0.3, 0.4) is 0 Å². The van der Waals surface area contributed by atoms with Gasteiger partial charge in [0.15, 0.2) is 0 Å². The van der Waals surface area contributed by atoms with E-state index in [-0.39, 0.29) is 11.9 Å². The zero-order valence-corrected chi connectivity index (χ0v) is 10.5. The number of likely N-dealkylation sites (N-methyl/N-ethyl adjacent to an activating group) is 1. The van der Waals surface area contributed by atoms with Gasteiger partial charge < -0.3 is 10.6 Å². The van der Waals surface area contributed by atoms with Gasteiger partial charge in [0.2, 0.25) is 5.91 Å². The Morgan fingerprint density at radius 2 is 2.19 bits per heavy atom. The molecule has 0 saturated heterocycles. The first kappa shape index (κ1) is 11.9. The number of hydrogen-bond acceptors (Lipinski definition) is 2. The Morgan fingerprint density at radius 1 is 1.44 bits per heavy atom. The summed E-state index contributed by atoms with van der Waals surface area (Å²) < 4.78 is 0. The van der Waals surface area contributed by atoms with Crippen LogP contribution in [-0.2, 0) is 4.79 Å². The second kappa shape index (κ2) is 4.74. The van der Waals surface area contributed by atoms with E-state index in [4.69, 9.17) is 5.73 Å². The summed E-state index contributed by atoms with van der Waals surface area (Å²) in [6, 6.07) is 0.0778. The minimum atomic E-state index is 0.0778. The zero-order chi connectivity index (χ0) is 11.7. The summed E-state index contributed by atoms with van der Waals surface area (Å²) in [6.07, 6.45) is 6.20. The summed E-state index contributed by atoms with van der Waals surface area (Å²) >= 11 is 0. The van der Waals surface area contributed by atoms with Gasteiger partial charge in [-0.05, 0) is 43.9 Å². The Kier molecular flexibility index (Phi) is 3.53. The van der Waals surface area contributed by atoms with E-state index >= 15 is 0 Å². The summed E-state index contributed by atoms with van der Waals surface area (Å²) in [4.78, 5) is 13.8. The summed E-state index contributed by atoms with van der Waals surface area (Å²) in [5.74, 6) is 2.73. The fraction of sp³-hybridized carbons (Fsp3) is 0.923. The lowest BCUT2D eigenvalue weighted by Crippen LogP contribution is -2.38. The molecule has 92 valence electrons. The van der Waals surface area contributed by atoms with Crippen LogP contribution in [0.15, 0.2) is 0 Å². The average Bonchev–Trinajstić information content (AvgIpc) is 2.77. The smallest absolute Gasteiger partial charge is 0.222 e. The van der Waals surface area contributed by atoms with Crippen molar-refractivity contribution in [2.24, 2.45) is 23.5 Å². The highest BCUT2D eigenvalue weighted by molar-refractivity contribution is 5.76. The molecule has 3 nitrogen and oxygen atoms in total. The predicted molar refractivity (Wildman–Crippen MR) is 64.8 cm³/mol. The molecule has 2 fully saturated rings. The van der Waals surface area contributed by atoms with E-state index in [1.165, 1.54) is 25.7 Å². The van der Waals surface area contributed by atoms with E-state index in [9.17, 15) is 4.79 Å². The molecule has 2 rings (SSSR count). The lowest BCUT2D eigenvalue weighted by atomic mass is 9.86. The molecule has 0 aromatic heterocycles. The molecule has 4 unspecified atom stereocenters. The van der Waals surface area contributed by atoms with Crippen LogP contribution in [0.25, 0.3) is 0 Å². The minimum Gasteiger partial charge on any atom is -0.344 e. The summed E-state index contributed by atoms with van der Waals surface area (Å²) in [5.41, 5.74) is 5.71. The third kappa shape index (κ3) is 2.57. The van der Waals surface area contributed by atoms with E-state index in [1.54, 1.807) is 4.90 Å². The molecule has 2 saturated carbocycles. The van der Waals surface area contributed by atoms with Crippen LogP contribution < -0.4 is 5.73 Å². The maximum Gasteiger partial charge on any atom is 0.222 e. The molecule has 2 N–H and O–H groups in total. The Hall–Kier alpha value is -0.570. The number of nitrogens with zero attached hydrogens (tertiary/aromatic N) is 1. The lowest BCUT2D eigenvalue weighted by Gasteiger charge is -2.25. The molecule has 16 heavy (non-hydrogen) atoms. The van der Waals surface area contributed by atoms with E-state index in [0.29, 0.717) is 12.5 Å². The fourth-order valence-corrected chi connectivity index (χ4v) is 3.54. The van der Waals surface area contributed by atoms with Gasteiger partial charge in [-0.15, -0.1) is 0 Å². The van der Waals surface area contributed by atoms with Crippen molar-refractivity contribution >= 4 is 5.91 Å². The van der Waals surface area contributed by atoms with Crippen LogP contribution in [-0.4, -0.2) is 30.4 Å². The molecule has 0 heterocycles. The van der Waals surface area contributed by atoms with Crippen LogP contribution in [0, 0.1) is 17.8 Å². The second-order valence-corrected chi connectivity index (χ2v) is 5.89. The molecule has 2 aliphatic rings. The first-order chi connectivity index (χ1) is 7.56. The molecule has 0 aliphatic heterocycles. The van der Waals surface area contributed by atoms with Crippen molar-refractivity contribution in [3.8, 4) is 0 Å². The number of nitrogens with two attached hydrogens (primary N) is 1. The molecule has 4 atom stereocenters. The van der Waals surface area contributed by atoms with Crippen LogP contribution in [0.5, 0.6) is 0 Å². The van der Waals surface area contributed by atoms with Crippen molar-refractivity contribution in [3.63, 3.8) is 0 Å². The largest absolute Gasteiger partial charge is 0.344 e. The van der Waals surface area contributed by atoms with Crippen LogP contribution in [0.2, 0.25) is 0 Å². The Bertz CT molecular complexity index is 265. The molecular weight excluding hydrogens is 200 g/mol. The van der Waals surface area contributed by atoms with E-state index < -0.39 is 0 Å². The maximum atomic E-state index is 12.0. The third-order valence-corrected chi connectivity index (χ3v) is 4.31. The lowest BCUT2D eigenvalue weighted by molar-refractivity contribution is -0.131. The zero-order valence-electron chi connectivity index (χ0n) is 10.5. The van der Waals surface area contributed by atoms with Crippen molar-refractivity contribution in [1.82, 2.24) is 4.90 Å². The highest BCUT2D eigenvalue weighted by Crippen LogP contribution is 2.49. The standard InChI is InChI=1S/C13H24N2O/c1-9(14)8-15(2)13(16)7-12-6-10-3-4-11(12)5-10/h9-12H,3-8,14H2,1-2H3. The average molecular weight is 224 g/mol. The molecule has 3 heteroatoms. The highest BCUT2D eigenvalue weighted by Gasteiger charge is 2.40. The van der Waals surface area contributed by atoms with Gasteiger partial charge in [0.25, 0.3) is 0 Å². The van der Waals surface area contributed by atoms with Crippen molar-refractivity contribution in [1.29, 1.82) is 0 Å². The Labute approximate surface area is 98.4 Å². The molecule has 0 spiro atoms. The van der Waals surface area contributed by atoms with Gasteiger partial charge in [0.1, 0.15) is 0 Å². The number of hydrogen-bond donors (Lipinski definition) is 1. The quantitative estimate of drug-likeness (QED) is 0.788. The highest BCUT2D eigenvalue weighted by atomic mass is 16.2. The predicted octanol–water partition coefficient (Wildman–Crippen LogP) is 1.62. The van der Waals surface area contributed by atoms with Crippen molar-refractivity contribution in [3.05, 3.63) is 0 Å². The van der Waals surface area contributed by atoms with Crippen LogP contribution >= 0.6 is 0 Å². The van der Waals surface area contributed by atoms with Crippen LogP contribution in [0.1, 0.15) is 39.0 Å². The van der Waals surface area contributed by atoms with Crippen molar-refractivity contribution in [2.45, 2.75) is 45.1 Å². The number of rotatable bonds is 4. The van der Waals surface area contributed by atoms with Gasteiger partial charge in [-0.3, -0.25) is 4.79 Å². The molecular formula is C13H24N2O. The molecule has 2 aliphatic carbocycles. The van der Waals surface area contributed by atoms with Crippen LogP contribution in [0.4, 0.5) is 0 Å². The van der Waals surface area contributed by atoms with E-state index in [2.05, 4.69) is 0 Å². The first-order valence-corrected chi connectivity index (χ1v) is 6.55. The topological polar surface area (TPSA) is 46.3 Å². The van der Waals surface area contributed by atoms with Crippen molar-refractivity contribution < 1.29 is 4.79 Å². The monoisotopic (exact) mass is 224 g/mol. The third-order valence-electron chi connectivity index (χ3n) is 4.31. The number of carbonyl (C=O) groups is 1. The molecule has 1 amide bonds. The van der Waals surface area contributed by atoms with Gasteiger partial charge in [-0.1, -0.05) is 6.42 Å². The van der Waals surface area contributed by atoms with Gasteiger partial charge in [0, 0.05) is 26.1 Å². The van der Waals surface area contributed by atoms with Crippen molar-refractivity contribution in [2.75, 3.05) is 13.6 Å². The molecule has 0 aromatic rings. The SMILES string of the molecule is CC(N)CN(C)C(=O)CC1CC2CCC1C2. The number of carbonyl (C=O) groups excluding carboxylic acids is 1. The van der Waals surface area contributed by atoms with Gasteiger partial charge in [0.05, 0.1) is 0 Å². The Balaban J connectivity index is 1.79. The fourth-order valence-electron chi connectivity index (χ4n) is 3.54. The number of fused-ring (bicyclic) bond motifs is 2. The van der Waals surface area contributed by atoms with Gasteiger partial charge >= 0.3 is 0 Å². The summed E-state index contributed by atoms with van der Waals surface area (Å²) in [6.45, 7) is 2.63. The first-order valence-electron chi connectivity index (χ1n) is 6.55. The molecule has 0 radical (unpaired) electrons. The minimum absolute atomic E-state index is 0.0778. The van der Waals surface area contributed by atoms with Gasteiger partial charge in [-0.2, -0.15) is 0 Å². The number of amides is 1. The molecule has 0 aromatic carbocycles. The molecule has 2 bridgehead atoms. The van der Waals surface area contributed by atoms with Gasteiger partial charge in [-0.25, -0.2) is 0 Å². The summed E-state index contributed by atoms with van der Waals surface area (Å²) in [5, 5.41) is 0. The summed E-state index contributed by atoms with van der Waals surface area (Å²) in [7, 11) is 1.87. The van der Waals surface area contributed by atoms with E-state index in [0.717, 1.165) is 18.3 Å². The normalized spacial score (nSPS) is 34.1.